The number of nitrogens with two attached hydrogens (primary N) is 2. The molecule has 0 amide bonds. The van der Waals surface area contributed by atoms with Gasteiger partial charge in [0.1, 0.15) is 11.5 Å². The molecule has 0 unspecified atom stereocenters. The first-order valence-electron chi connectivity index (χ1n) is 4.60. The number of phenols is 1. The van der Waals surface area contributed by atoms with Gasteiger partial charge in [0, 0.05) is 24.2 Å². The molecular weight excluding hydrogens is 180 g/mol. The molecule has 1 rings (SSSR count). The lowest BCUT2D eigenvalue weighted by molar-refractivity contribution is 0.337. The Morgan fingerprint density at radius 2 is 2.21 bits per heavy atom. The highest BCUT2D eigenvalue weighted by molar-refractivity contribution is 5.41. The molecule has 1 atom stereocenters. The third-order valence-corrected chi connectivity index (χ3v) is 1.97. The number of hydrogen-bond donors (Lipinski definition) is 3. The summed E-state index contributed by atoms with van der Waals surface area (Å²) in [7, 11) is 0. The summed E-state index contributed by atoms with van der Waals surface area (Å²) in [6, 6.07) is 4.73. The molecule has 14 heavy (non-hydrogen) atoms. The van der Waals surface area contributed by atoms with Crippen molar-refractivity contribution in [1.29, 1.82) is 0 Å². The van der Waals surface area contributed by atoms with Gasteiger partial charge in [-0.25, -0.2) is 0 Å². The Morgan fingerprint density at radius 3 is 2.71 bits per heavy atom. The van der Waals surface area contributed by atoms with Gasteiger partial charge < -0.3 is 21.3 Å². The Labute approximate surface area is 83.5 Å². The Hall–Kier alpha value is -1.26. The van der Waals surface area contributed by atoms with Crippen molar-refractivity contribution in [2.75, 3.05) is 13.2 Å². The van der Waals surface area contributed by atoms with Gasteiger partial charge in [-0.3, -0.25) is 0 Å². The number of benzene rings is 1. The maximum atomic E-state index is 9.60. The zero-order valence-electron chi connectivity index (χ0n) is 8.23. The smallest absolute Gasteiger partial charge is 0.124 e. The highest BCUT2D eigenvalue weighted by Crippen LogP contribution is 2.26. The van der Waals surface area contributed by atoms with Gasteiger partial charge in [-0.15, -0.1) is 0 Å². The third-order valence-electron chi connectivity index (χ3n) is 1.97. The van der Waals surface area contributed by atoms with Crippen molar-refractivity contribution in [3.63, 3.8) is 0 Å². The summed E-state index contributed by atoms with van der Waals surface area (Å²) < 4.78 is 5.22. The number of phenolic OH excluding ortho intramolecular Hbond substituents is 1. The van der Waals surface area contributed by atoms with Crippen LogP contribution in [-0.4, -0.2) is 18.3 Å². The van der Waals surface area contributed by atoms with Crippen molar-refractivity contribution in [3.8, 4) is 11.5 Å². The van der Waals surface area contributed by atoms with Gasteiger partial charge in [0.2, 0.25) is 0 Å². The van der Waals surface area contributed by atoms with Crippen molar-refractivity contribution in [3.05, 3.63) is 23.8 Å². The van der Waals surface area contributed by atoms with Crippen molar-refractivity contribution in [1.82, 2.24) is 0 Å². The van der Waals surface area contributed by atoms with Crippen LogP contribution in [0, 0.1) is 0 Å². The molecule has 0 bridgehead atoms. The summed E-state index contributed by atoms with van der Waals surface area (Å²) in [6.45, 7) is 2.76. The molecule has 5 N–H and O–H groups in total. The second-order valence-electron chi connectivity index (χ2n) is 3.00. The SMILES string of the molecule is CCOc1ccc([C@H](N)CN)c(O)c1. The van der Waals surface area contributed by atoms with E-state index >= 15 is 0 Å². The number of aromatic hydroxyl groups is 1. The van der Waals surface area contributed by atoms with Crippen LogP contribution >= 0.6 is 0 Å². The molecule has 0 radical (unpaired) electrons. The molecule has 0 aliphatic rings. The van der Waals surface area contributed by atoms with E-state index < -0.39 is 0 Å². The lowest BCUT2D eigenvalue weighted by Gasteiger charge is -2.12. The van der Waals surface area contributed by atoms with Crippen molar-refractivity contribution >= 4 is 0 Å². The van der Waals surface area contributed by atoms with Gasteiger partial charge in [-0.1, -0.05) is 6.07 Å². The zero-order valence-corrected chi connectivity index (χ0v) is 8.23. The Kier molecular flexibility index (Phi) is 3.73. The van der Waals surface area contributed by atoms with Gasteiger partial charge >= 0.3 is 0 Å². The largest absolute Gasteiger partial charge is 0.507 e. The Morgan fingerprint density at radius 1 is 1.50 bits per heavy atom. The van der Waals surface area contributed by atoms with Crippen LogP contribution in [0.25, 0.3) is 0 Å². The highest BCUT2D eigenvalue weighted by Gasteiger charge is 2.09. The summed E-state index contributed by atoms with van der Waals surface area (Å²) in [5, 5.41) is 9.60. The Balaban J connectivity index is 2.89. The molecule has 0 aliphatic carbocycles. The van der Waals surface area contributed by atoms with Crippen LogP contribution in [0.4, 0.5) is 0 Å². The normalized spacial score (nSPS) is 12.5. The molecule has 4 nitrogen and oxygen atoms in total. The molecule has 0 aliphatic heterocycles. The van der Waals surface area contributed by atoms with Gasteiger partial charge in [0.05, 0.1) is 6.61 Å². The van der Waals surface area contributed by atoms with Crippen LogP contribution in [0.3, 0.4) is 0 Å². The van der Waals surface area contributed by atoms with E-state index in [2.05, 4.69) is 0 Å². The van der Waals surface area contributed by atoms with E-state index in [0.29, 0.717) is 24.5 Å². The van der Waals surface area contributed by atoms with Gasteiger partial charge in [0.25, 0.3) is 0 Å². The molecule has 0 fully saturated rings. The monoisotopic (exact) mass is 196 g/mol. The fraction of sp³-hybridized carbons (Fsp3) is 0.400. The predicted octanol–water partition coefficient (Wildman–Crippen LogP) is 0.749. The van der Waals surface area contributed by atoms with E-state index in [9.17, 15) is 5.11 Å². The summed E-state index contributed by atoms with van der Waals surface area (Å²) in [5.74, 6) is 0.770. The summed E-state index contributed by atoms with van der Waals surface area (Å²) in [4.78, 5) is 0. The molecule has 0 aromatic heterocycles. The van der Waals surface area contributed by atoms with Crippen LogP contribution < -0.4 is 16.2 Å². The lowest BCUT2D eigenvalue weighted by Crippen LogP contribution is -2.20. The number of rotatable bonds is 4. The standard InChI is InChI=1S/C10H16N2O2/c1-2-14-7-3-4-8(9(12)6-11)10(13)5-7/h3-5,9,13H,2,6,11-12H2,1H3/t9-/m1/s1. The van der Waals surface area contributed by atoms with Crippen molar-refractivity contribution in [2.45, 2.75) is 13.0 Å². The van der Waals surface area contributed by atoms with E-state index in [4.69, 9.17) is 16.2 Å². The molecule has 78 valence electrons. The second kappa shape index (κ2) is 4.83. The van der Waals surface area contributed by atoms with Gasteiger partial charge in [0.15, 0.2) is 0 Å². The first-order chi connectivity index (χ1) is 6.69. The maximum absolute atomic E-state index is 9.60. The summed E-state index contributed by atoms with van der Waals surface area (Å²) >= 11 is 0. The minimum absolute atomic E-state index is 0.133. The van der Waals surface area contributed by atoms with Crippen LogP contribution in [0.5, 0.6) is 11.5 Å². The molecule has 4 heteroatoms. The summed E-state index contributed by atoms with van der Waals surface area (Å²) in [5.41, 5.74) is 11.7. The predicted molar refractivity (Wildman–Crippen MR) is 55.3 cm³/mol. The Bertz CT molecular complexity index is 302. The van der Waals surface area contributed by atoms with E-state index in [0.717, 1.165) is 0 Å². The quantitative estimate of drug-likeness (QED) is 0.663. The molecular formula is C10H16N2O2. The fourth-order valence-corrected chi connectivity index (χ4v) is 1.22. The molecule has 1 aromatic carbocycles. The molecule has 0 saturated heterocycles. The van der Waals surface area contributed by atoms with E-state index in [-0.39, 0.29) is 11.8 Å². The molecule has 0 saturated carbocycles. The van der Waals surface area contributed by atoms with E-state index in [1.165, 1.54) is 0 Å². The topological polar surface area (TPSA) is 81.5 Å². The second-order valence-corrected chi connectivity index (χ2v) is 3.00. The molecule has 0 spiro atoms. The summed E-state index contributed by atoms with van der Waals surface area (Å²) in [6.07, 6.45) is 0. The van der Waals surface area contributed by atoms with Crippen LogP contribution in [0.2, 0.25) is 0 Å². The first-order valence-corrected chi connectivity index (χ1v) is 4.60. The molecule has 0 heterocycles. The van der Waals surface area contributed by atoms with Gasteiger partial charge in [-0.2, -0.15) is 0 Å². The maximum Gasteiger partial charge on any atom is 0.124 e. The molecule has 1 aromatic rings. The van der Waals surface area contributed by atoms with Crippen molar-refractivity contribution < 1.29 is 9.84 Å². The number of hydrogen-bond acceptors (Lipinski definition) is 4. The fourth-order valence-electron chi connectivity index (χ4n) is 1.22. The van der Waals surface area contributed by atoms with Crippen LogP contribution in [-0.2, 0) is 0 Å². The van der Waals surface area contributed by atoms with Crippen LogP contribution in [0.15, 0.2) is 18.2 Å². The first kappa shape index (κ1) is 10.8. The van der Waals surface area contributed by atoms with Crippen LogP contribution in [0.1, 0.15) is 18.5 Å². The zero-order chi connectivity index (χ0) is 10.6. The third kappa shape index (κ3) is 2.37. The minimum atomic E-state index is -0.328. The van der Waals surface area contributed by atoms with Crippen molar-refractivity contribution in [2.24, 2.45) is 11.5 Å². The average molecular weight is 196 g/mol. The average Bonchev–Trinajstić information content (AvgIpc) is 2.17. The lowest BCUT2D eigenvalue weighted by atomic mass is 10.1. The highest BCUT2D eigenvalue weighted by atomic mass is 16.5. The minimum Gasteiger partial charge on any atom is -0.507 e. The van der Waals surface area contributed by atoms with Gasteiger partial charge in [-0.05, 0) is 13.0 Å². The van der Waals surface area contributed by atoms with E-state index in [1.54, 1.807) is 18.2 Å². The number of ether oxygens (including phenoxy) is 1. The van der Waals surface area contributed by atoms with E-state index in [1.807, 2.05) is 6.92 Å².